The monoisotopic (exact) mass is 345 g/mol. The van der Waals surface area contributed by atoms with Crippen molar-refractivity contribution in [1.29, 1.82) is 0 Å². The van der Waals surface area contributed by atoms with E-state index in [1.54, 1.807) is 14.2 Å². The highest BCUT2D eigenvalue weighted by molar-refractivity contribution is 7.56. The van der Waals surface area contributed by atoms with Gasteiger partial charge in [-0.1, -0.05) is 23.7 Å². The van der Waals surface area contributed by atoms with Crippen molar-refractivity contribution >= 4 is 42.6 Å². The normalized spacial score (nSPS) is 10.9. The topological polar surface area (TPSA) is 56.3 Å². The summed E-state index contributed by atoms with van der Waals surface area (Å²) in [5.74, 6) is 0. The number of nitrogens with one attached hydrogen (secondary N) is 1. The smallest absolute Gasteiger partial charge is 0.222 e. The Morgan fingerprint density at radius 3 is 2.62 bits per heavy atom. The average molecular weight is 346 g/mol. The van der Waals surface area contributed by atoms with Crippen LogP contribution >= 0.6 is 31.6 Å². The molecule has 112 valence electrons. The van der Waals surface area contributed by atoms with Gasteiger partial charge >= 0.3 is 0 Å². The Hall–Kier alpha value is -0.970. The third-order valence-electron chi connectivity index (χ3n) is 2.67. The minimum atomic E-state index is -1.12. The minimum Gasteiger partial charge on any atom is -0.379 e. The van der Waals surface area contributed by atoms with Gasteiger partial charge < -0.3 is 14.4 Å². The number of nitrogens with zero attached hydrogens (tertiary/aromatic N) is 2. The molecule has 0 unspecified atom stereocenters. The summed E-state index contributed by atoms with van der Waals surface area (Å²) >= 11 is 11.8. The van der Waals surface area contributed by atoms with Gasteiger partial charge in [0.25, 0.3) is 0 Å². The van der Waals surface area contributed by atoms with Gasteiger partial charge in [-0.25, -0.2) is 9.97 Å². The first kappa shape index (κ1) is 16.4. The van der Waals surface area contributed by atoms with Crippen molar-refractivity contribution in [1.82, 2.24) is 9.97 Å². The van der Waals surface area contributed by atoms with E-state index in [1.807, 2.05) is 24.3 Å². The molecule has 0 amide bonds. The maximum absolute atomic E-state index is 6.05. The number of para-hydroxylation sites is 1. The van der Waals surface area contributed by atoms with Gasteiger partial charge in [0.05, 0.1) is 28.8 Å². The van der Waals surface area contributed by atoms with Gasteiger partial charge in [-0.3, -0.25) is 0 Å². The number of halogens is 2. The van der Waals surface area contributed by atoms with E-state index in [1.165, 1.54) is 6.20 Å². The minimum absolute atomic E-state index is 0.167. The molecular formula is C13H14Cl2N3O2P. The third-order valence-corrected chi connectivity index (χ3v) is 4.61. The van der Waals surface area contributed by atoms with E-state index in [2.05, 4.69) is 15.3 Å². The fraction of sp³-hybridized carbons (Fsp3) is 0.231. The molecule has 1 heterocycles. The highest BCUT2D eigenvalue weighted by atomic mass is 35.5. The molecule has 0 aliphatic carbocycles. The van der Waals surface area contributed by atoms with Crippen LogP contribution < -0.4 is 10.6 Å². The van der Waals surface area contributed by atoms with Crippen molar-refractivity contribution in [2.45, 2.75) is 6.54 Å². The lowest BCUT2D eigenvalue weighted by atomic mass is 10.3. The molecule has 1 N–H and O–H groups in total. The van der Waals surface area contributed by atoms with Gasteiger partial charge in [0.1, 0.15) is 0 Å². The number of anilines is 1. The molecule has 0 aliphatic rings. The zero-order valence-electron chi connectivity index (χ0n) is 11.5. The highest BCUT2D eigenvalue weighted by Gasteiger charge is 2.15. The summed E-state index contributed by atoms with van der Waals surface area (Å²) in [4.78, 5) is 7.93. The first-order chi connectivity index (χ1) is 10.2. The number of rotatable bonds is 6. The van der Waals surface area contributed by atoms with Gasteiger partial charge in [-0.15, -0.1) is 0 Å². The maximum Gasteiger partial charge on any atom is 0.222 e. The van der Waals surface area contributed by atoms with Crippen molar-refractivity contribution < 1.29 is 9.05 Å². The molecule has 0 saturated carbocycles. The predicted octanol–water partition coefficient (Wildman–Crippen LogP) is 3.63. The second kappa shape index (κ2) is 7.87. The van der Waals surface area contributed by atoms with Gasteiger partial charge in [0.2, 0.25) is 13.7 Å². The van der Waals surface area contributed by atoms with Crippen LogP contribution in [-0.2, 0) is 15.6 Å². The SMILES string of the molecule is COP(OC)c1ccccc1NCc1nc(Cl)ncc1Cl. The Labute approximate surface area is 134 Å². The van der Waals surface area contributed by atoms with Crippen molar-refractivity contribution in [3.05, 3.63) is 46.5 Å². The van der Waals surface area contributed by atoms with Gasteiger partial charge in [0, 0.05) is 19.9 Å². The first-order valence-corrected chi connectivity index (χ1v) is 7.97. The van der Waals surface area contributed by atoms with E-state index >= 15 is 0 Å². The molecule has 0 radical (unpaired) electrons. The fourth-order valence-electron chi connectivity index (χ4n) is 1.73. The zero-order valence-corrected chi connectivity index (χ0v) is 13.9. The summed E-state index contributed by atoms with van der Waals surface area (Å²) in [6.07, 6.45) is 1.48. The largest absolute Gasteiger partial charge is 0.379 e. The molecule has 21 heavy (non-hydrogen) atoms. The van der Waals surface area contributed by atoms with E-state index in [-0.39, 0.29) is 5.28 Å². The lowest BCUT2D eigenvalue weighted by molar-refractivity contribution is 0.350. The fourth-order valence-corrected chi connectivity index (χ4v) is 3.14. The average Bonchev–Trinajstić information content (AvgIpc) is 2.50. The molecule has 0 aliphatic heterocycles. The Balaban J connectivity index is 2.18. The summed E-state index contributed by atoms with van der Waals surface area (Å²) in [6.45, 7) is 0.425. The molecule has 1 aromatic carbocycles. The molecule has 0 saturated heterocycles. The van der Waals surface area contributed by atoms with Crippen LogP contribution in [0.25, 0.3) is 0 Å². The van der Waals surface area contributed by atoms with Crippen molar-refractivity contribution in [3.8, 4) is 0 Å². The Morgan fingerprint density at radius 1 is 1.19 bits per heavy atom. The van der Waals surface area contributed by atoms with Gasteiger partial charge in [-0.2, -0.15) is 0 Å². The second-order valence-electron chi connectivity index (χ2n) is 3.93. The standard InChI is InChI=1S/C13H14Cl2N3O2P/c1-19-21(20-2)12-6-4-3-5-10(12)16-8-11-9(14)7-17-13(15)18-11/h3-7,16H,8H2,1-2H3. The van der Waals surface area contributed by atoms with E-state index in [0.717, 1.165) is 11.0 Å². The lowest BCUT2D eigenvalue weighted by Gasteiger charge is -2.17. The van der Waals surface area contributed by atoms with Crippen LogP contribution in [0.2, 0.25) is 10.3 Å². The number of benzene rings is 1. The van der Waals surface area contributed by atoms with Crippen LogP contribution in [0.15, 0.2) is 30.5 Å². The first-order valence-electron chi connectivity index (χ1n) is 6.04. The Bertz CT molecular complexity index is 612. The van der Waals surface area contributed by atoms with Crippen molar-refractivity contribution in [3.63, 3.8) is 0 Å². The summed E-state index contributed by atoms with van der Waals surface area (Å²) in [5, 5.41) is 4.85. The van der Waals surface area contributed by atoms with E-state index in [4.69, 9.17) is 32.2 Å². The van der Waals surface area contributed by atoms with Crippen LogP contribution in [0.5, 0.6) is 0 Å². The summed E-state index contributed by atoms with van der Waals surface area (Å²) in [6, 6.07) is 7.76. The van der Waals surface area contributed by atoms with E-state index in [9.17, 15) is 0 Å². The Morgan fingerprint density at radius 2 is 1.90 bits per heavy atom. The van der Waals surface area contributed by atoms with Crippen molar-refractivity contribution in [2.75, 3.05) is 19.5 Å². The summed E-state index contributed by atoms with van der Waals surface area (Å²) < 4.78 is 10.7. The summed E-state index contributed by atoms with van der Waals surface area (Å²) in [7, 11) is 2.12. The molecule has 0 atom stereocenters. The second-order valence-corrected chi connectivity index (χ2v) is 6.40. The number of hydrogen-bond donors (Lipinski definition) is 1. The number of hydrogen-bond acceptors (Lipinski definition) is 5. The maximum atomic E-state index is 6.05. The van der Waals surface area contributed by atoms with E-state index in [0.29, 0.717) is 17.3 Å². The molecule has 1 aromatic heterocycles. The van der Waals surface area contributed by atoms with Crippen LogP contribution in [0, 0.1) is 0 Å². The van der Waals surface area contributed by atoms with Crippen LogP contribution in [0.4, 0.5) is 5.69 Å². The van der Waals surface area contributed by atoms with Crippen molar-refractivity contribution in [2.24, 2.45) is 0 Å². The van der Waals surface area contributed by atoms with Crippen LogP contribution in [0.1, 0.15) is 5.69 Å². The molecule has 0 fully saturated rings. The molecule has 0 bridgehead atoms. The number of aromatic nitrogens is 2. The molecule has 5 nitrogen and oxygen atoms in total. The Kier molecular flexibility index (Phi) is 6.15. The molecule has 2 rings (SSSR count). The zero-order chi connectivity index (χ0) is 15.2. The summed E-state index contributed by atoms with van der Waals surface area (Å²) in [5.41, 5.74) is 1.53. The quantitative estimate of drug-likeness (QED) is 0.640. The van der Waals surface area contributed by atoms with Gasteiger partial charge in [-0.05, 0) is 23.7 Å². The lowest BCUT2D eigenvalue weighted by Crippen LogP contribution is -2.13. The van der Waals surface area contributed by atoms with Crippen LogP contribution in [-0.4, -0.2) is 24.2 Å². The van der Waals surface area contributed by atoms with E-state index < -0.39 is 8.38 Å². The third kappa shape index (κ3) is 4.25. The molecule has 0 spiro atoms. The van der Waals surface area contributed by atoms with Gasteiger partial charge in [0.15, 0.2) is 0 Å². The highest BCUT2D eigenvalue weighted by Crippen LogP contribution is 2.37. The van der Waals surface area contributed by atoms with Crippen LogP contribution in [0.3, 0.4) is 0 Å². The molecule has 8 heteroatoms. The molecular weight excluding hydrogens is 332 g/mol. The predicted molar refractivity (Wildman–Crippen MR) is 86.4 cm³/mol. The molecule has 2 aromatic rings.